The van der Waals surface area contributed by atoms with Crippen LogP contribution in [0.15, 0.2) is 18.2 Å². The molecular formula is C15H17FN2O2. The average molecular weight is 276 g/mol. The lowest BCUT2D eigenvalue weighted by atomic mass is 10.1. The predicted molar refractivity (Wildman–Crippen MR) is 74.3 cm³/mol. The molecule has 1 unspecified atom stereocenters. The van der Waals surface area contributed by atoms with Gasteiger partial charge in [0.15, 0.2) is 0 Å². The minimum absolute atomic E-state index is 0.112. The highest BCUT2D eigenvalue weighted by atomic mass is 19.1. The van der Waals surface area contributed by atoms with Crippen molar-refractivity contribution in [1.82, 2.24) is 10.3 Å². The molecule has 0 bridgehead atoms. The highest BCUT2D eigenvalue weighted by Gasteiger charge is 2.19. The number of hydrogen-bond acceptors (Lipinski definition) is 2. The van der Waals surface area contributed by atoms with Crippen LogP contribution < -0.4 is 5.32 Å². The Kier molecular flexibility index (Phi) is 3.44. The van der Waals surface area contributed by atoms with Crippen LogP contribution in [0.25, 0.3) is 10.9 Å². The maximum absolute atomic E-state index is 13.2. The summed E-state index contributed by atoms with van der Waals surface area (Å²) in [6.45, 7) is 3.14. The zero-order chi connectivity index (χ0) is 14.1. The van der Waals surface area contributed by atoms with Crippen LogP contribution >= 0.6 is 0 Å². The molecule has 1 aliphatic heterocycles. The second-order valence-corrected chi connectivity index (χ2v) is 5.16. The molecular weight excluding hydrogens is 259 g/mol. The number of carbonyl (C=O) groups is 1. The number of ether oxygens (including phenoxy) is 1. The van der Waals surface area contributed by atoms with Crippen LogP contribution in [0.3, 0.4) is 0 Å². The summed E-state index contributed by atoms with van der Waals surface area (Å²) >= 11 is 0. The van der Waals surface area contributed by atoms with Crippen LogP contribution in [0.5, 0.6) is 0 Å². The largest absolute Gasteiger partial charge is 0.376 e. The first-order chi connectivity index (χ1) is 9.65. The molecule has 3 rings (SSSR count). The van der Waals surface area contributed by atoms with Crippen LogP contribution in [0.2, 0.25) is 0 Å². The Morgan fingerprint density at radius 2 is 2.40 bits per heavy atom. The van der Waals surface area contributed by atoms with Gasteiger partial charge in [-0.1, -0.05) is 0 Å². The van der Waals surface area contributed by atoms with Gasteiger partial charge >= 0.3 is 0 Å². The molecule has 106 valence electrons. The number of nitrogens with one attached hydrogen (secondary N) is 2. The van der Waals surface area contributed by atoms with Crippen molar-refractivity contribution < 1.29 is 13.9 Å². The van der Waals surface area contributed by atoms with E-state index in [0.29, 0.717) is 17.8 Å². The van der Waals surface area contributed by atoms with E-state index in [9.17, 15) is 9.18 Å². The second kappa shape index (κ2) is 5.25. The third-order valence-corrected chi connectivity index (χ3v) is 3.76. The summed E-state index contributed by atoms with van der Waals surface area (Å²) in [7, 11) is 0. The van der Waals surface area contributed by atoms with Crippen LogP contribution in [0.4, 0.5) is 4.39 Å². The SMILES string of the molecule is Cc1c(C(=O)NCC2CCCO2)[nH]c2cc(F)ccc12. The highest BCUT2D eigenvalue weighted by molar-refractivity contribution is 6.00. The Morgan fingerprint density at radius 3 is 3.15 bits per heavy atom. The summed E-state index contributed by atoms with van der Waals surface area (Å²) in [4.78, 5) is 15.2. The Morgan fingerprint density at radius 1 is 1.55 bits per heavy atom. The molecule has 0 spiro atoms. The van der Waals surface area contributed by atoms with Crippen molar-refractivity contribution in [3.63, 3.8) is 0 Å². The molecule has 0 saturated carbocycles. The molecule has 1 aliphatic rings. The first kappa shape index (κ1) is 13.1. The Labute approximate surface area is 116 Å². The van der Waals surface area contributed by atoms with Gasteiger partial charge in [0, 0.05) is 24.1 Å². The first-order valence-electron chi connectivity index (χ1n) is 6.83. The van der Waals surface area contributed by atoms with Crippen molar-refractivity contribution in [1.29, 1.82) is 0 Å². The third-order valence-electron chi connectivity index (χ3n) is 3.76. The highest BCUT2D eigenvalue weighted by Crippen LogP contribution is 2.22. The first-order valence-corrected chi connectivity index (χ1v) is 6.83. The Bertz CT molecular complexity index is 645. The Balaban J connectivity index is 1.78. The minimum atomic E-state index is -0.315. The van der Waals surface area contributed by atoms with E-state index in [-0.39, 0.29) is 17.8 Å². The summed E-state index contributed by atoms with van der Waals surface area (Å²) in [5, 5.41) is 3.74. The molecule has 4 nitrogen and oxygen atoms in total. The molecule has 2 heterocycles. The van der Waals surface area contributed by atoms with Gasteiger partial charge in [0.25, 0.3) is 5.91 Å². The lowest BCUT2D eigenvalue weighted by Gasteiger charge is -2.10. The third kappa shape index (κ3) is 2.41. The zero-order valence-electron chi connectivity index (χ0n) is 11.3. The standard InChI is InChI=1S/C15H17FN2O2/c1-9-12-5-4-10(16)7-13(12)18-14(9)15(19)17-8-11-3-2-6-20-11/h4-5,7,11,18H,2-3,6,8H2,1H3,(H,17,19). The number of benzene rings is 1. The molecule has 2 aromatic rings. The van der Waals surface area contributed by atoms with Gasteiger partial charge in [0.2, 0.25) is 0 Å². The van der Waals surface area contributed by atoms with Crippen LogP contribution in [0, 0.1) is 12.7 Å². The quantitative estimate of drug-likeness (QED) is 0.905. The van der Waals surface area contributed by atoms with E-state index in [1.54, 1.807) is 6.07 Å². The zero-order valence-corrected chi connectivity index (χ0v) is 11.3. The van der Waals surface area contributed by atoms with Crippen molar-refractivity contribution >= 4 is 16.8 Å². The van der Waals surface area contributed by atoms with Crippen LogP contribution in [-0.2, 0) is 4.74 Å². The minimum Gasteiger partial charge on any atom is -0.376 e. The number of fused-ring (bicyclic) bond motifs is 1. The number of aryl methyl sites for hydroxylation is 1. The molecule has 1 fully saturated rings. The lowest BCUT2D eigenvalue weighted by Crippen LogP contribution is -2.32. The average Bonchev–Trinajstić information content (AvgIpc) is 3.04. The maximum atomic E-state index is 13.2. The van der Waals surface area contributed by atoms with Crippen molar-refractivity contribution in [3.05, 3.63) is 35.3 Å². The molecule has 1 amide bonds. The van der Waals surface area contributed by atoms with Gasteiger partial charge in [0.1, 0.15) is 11.5 Å². The number of rotatable bonds is 3. The fraction of sp³-hybridized carbons (Fsp3) is 0.400. The van der Waals surface area contributed by atoms with Gasteiger partial charge in [-0.05, 0) is 43.5 Å². The lowest BCUT2D eigenvalue weighted by molar-refractivity contribution is 0.0854. The van der Waals surface area contributed by atoms with E-state index < -0.39 is 0 Å². The van der Waals surface area contributed by atoms with Crippen LogP contribution in [-0.4, -0.2) is 30.1 Å². The van der Waals surface area contributed by atoms with E-state index >= 15 is 0 Å². The van der Waals surface area contributed by atoms with Gasteiger partial charge in [-0.15, -0.1) is 0 Å². The maximum Gasteiger partial charge on any atom is 0.268 e. The van der Waals surface area contributed by atoms with Gasteiger partial charge in [-0.25, -0.2) is 4.39 Å². The fourth-order valence-corrected chi connectivity index (χ4v) is 2.64. The van der Waals surface area contributed by atoms with Crippen molar-refractivity contribution in [2.24, 2.45) is 0 Å². The molecule has 5 heteroatoms. The summed E-state index contributed by atoms with van der Waals surface area (Å²) in [6.07, 6.45) is 2.14. The van der Waals surface area contributed by atoms with Gasteiger partial charge < -0.3 is 15.0 Å². The summed E-state index contributed by atoms with van der Waals surface area (Å²) in [6, 6.07) is 4.49. The number of carbonyl (C=O) groups excluding carboxylic acids is 1. The second-order valence-electron chi connectivity index (χ2n) is 5.16. The monoisotopic (exact) mass is 276 g/mol. The summed E-state index contributed by atoms with van der Waals surface area (Å²) < 4.78 is 18.7. The van der Waals surface area contributed by atoms with E-state index in [1.807, 2.05) is 6.92 Å². The van der Waals surface area contributed by atoms with Crippen LogP contribution in [0.1, 0.15) is 28.9 Å². The number of halogens is 1. The molecule has 0 radical (unpaired) electrons. The summed E-state index contributed by atoms with van der Waals surface area (Å²) in [5.74, 6) is -0.486. The number of amides is 1. The molecule has 20 heavy (non-hydrogen) atoms. The molecule has 1 saturated heterocycles. The van der Waals surface area contributed by atoms with E-state index in [4.69, 9.17) is 4.74 Å². The van der Waals surface area contributed by atoms with Crippen molar-refractivity contribution in [2.75, 3.05) is 13.2 Å². The van der Waals surface area contributed by atoms with E-state index in [1.165, 1.54) is 12.1 Å². The van der Waals surface area contributed by atoms with Crippen molar-refractivity contribution in [3.8, 4) is 0 Å². The molecule has 1 atom stereocenters. The van der Waals surface area contributed by atoms with E-state index in [2.05, 4.69) is 10.3 Å². The number of aromatic nitrogens is 1. The van der Waals surface area contributed by atoms with Gasteiger partial charge in [-0.2, -0.15) is 0 Å². The van der Waals surface area contributed by atoms with Gasteiger partial charge in [-0.3, -0.25) is 4.79 Å². The number of H-pyrrole nitrogens is 1. The topological polar surface area (TPSA) is 54.1 Å². The number of aromatic amines is 1. The Hall–Kier alpha value is -1.88. The molecule has 1 aromatic heterocycles. The molecule has 0 aliphatic carbocycles. The fourth-order valence-electron chi connectivity index (χ4n) is 2.64. The normalized spacial score (nSPS) is 18.6. The van der Waals surface area contributed by atoms with Gasteiger partial charge in [0.05, 0.1) is 6.10 Å². The number of hydrogen-bond donors (Lipinski definition) is 2. The predicted octanol–water partition coefficient (Wildman–Crippen LogP) is 2.52. The van der Waals surface area contributed by atoms with E-state index in [0.717, 1.165) is 30.4 Å². The smallest absolute Gasteiger partial charge is 0.268 e. The molecule has 2 N–H and O–H groups in total. The molecule has 1 aromatic carbocycles. The van der Waals surface area contributed by atoms with Crippen molar-refractivity contribution in [2.45, 2.75) is 25.9 Å². The summed E-state index contributed by atoms with van der Waals surface area (Å²) in [5.41, 5.74) is 1.97.